The Morgan fingerprint density at radius 2 is 2.03 bits per heavy atom. The Kier molecular flexibility index (Phi) is 6.18. The van der Waals surface area contributed by atoms with E-state index in [4.69, 9.17) is 9.15 Å². The highest BCUT2D eigenvalue weighted by molar-refractivity contribution is 7.09. The molecule has 6 nitrogen and oxygen atoms in total. The second kappa shape index (κ2) is 9.17. The summed E-state index contributed by atoms with van der Waals surface area (Å²) in [7, 11) is 0. The average Bonchev–Trinajstić information content (AvgIpc) is 3.51. The van der Waals surface area contributed by atoms with Crippen molar-refractivity contribution in [2.75, 3.05) is 18.1 Å². The first-order valence-corrected chi connectivity index (χ1v) is 10.9. The quantitative estimate of drug-likeness (QED) is 0.540. The monoisotopic (exact) mass is 424 g/mol. The van der Waals surface area contributed by atoms with E-state index in [1.807, 2.05) is 60.8 Å². The molecule has 1 aliphatic rings. The predicted molar refractivity (Wildman–Crippen MR) is 115 cm³/mol. The van der Waals surface area contributed by atoms with Gasteiger partial charge in [0.1, 0.15) is 11.5 Å². The first-order chi connectivity index (χ1) is 14.6. The second-order valence-electron chi connectivity index (χ2n) is 7.19. The van der Waals surface area contributed by atoms with Crippen LogP contribution in [0, 0.1) is 5.92 Å². The number of thiophene rings is 1. The Labute approximate surface area is 179 Å². The molecule has 0 radical (unpaired) electrons. The SMILES string of the molecule is CCOc1ccc(N2CC(C(=O)N(Cc3ccco3)Cc3cccs3)CC2=O)cc1. The lowest BCUT2D eigenvalue weighted by Crippen LogP contribution is -2.36. The molecule has 1 saturated heterocycles. The first-order valence-electron chi connectivity index (χ1n) is 10.0. The summed E-state index contributed by atoms with van der Waals surface area (Å²) < 4.78 is 10.9. The number of nitrogens with zero attached hydrogens (tertiary/aromatic N) is 2. The molecule has 1 fully saturated rings. The van der Waals surface area contributed by atoms with Crippen molar-refractivity contribution in [3.05, 3.63) is 70.8 Å². The van der Waals surface area contributed by atoms with E-state index in [0.717, 1.165) is 22.1 Å². The van der Waals surface area contributed by atoms with Gasteiger partial charge in [-0.3, -0.25) is 9.59 Å². The third-order valence-electron chi connectivity index (χ3n) is 5.10. The van der Waals surface area contributed by atoms with Crippen LogP contribution in [-0.2, 0) is 22.7 Å². The fraction of sp³-hybridized carbons (Fsp3) is 0.304. The second-order valence-corrected chi connectivity index (χ2v) is 8.22. The molecular formula is C23H24N2O4S. The van der Waals surface area contributed by atoms with Crippen molar-refractivity contribution in [2.24, 2.45) is 5.92 Å². The lowest BCUT2D eigenvalue weighted by Gasteiger charge is -2.24. The van der Waals surface area contributed by atoms with Crippen LogP contribution in [-0.4, -0.2) is 29.9 Å². The van der Waals surface area contributed by atoms with Gasteiger partial charge >= 0.3 is 0 Å². The molecule has 1 atom stereocenters. The number of amides is 2. The highest BCUT2D eigenvalue weighted by atomic mass is 32.1. The number of benzene rings is 1. The maximum atomic E-state index is 13.3. The minimum Gasteiger partial charge on any atom is -0.494 e. The van der Waals surface area contributed by atoms with Crippen molar-refractivity contribution in [1.82, 2.24) is 4.90 Å². The van der Waals surface area contributed by atoms with Gasteiger partial charge in [-0.2, -0.15) is 0 Å². The van der Waals surface area contributed by atoms with Crippen molar-refractivity contribution in [3.8, 4) is 5.75 Å². The standard InChI is InChI=1S/C23H24N2O4S/c1-2-28-19-9-7-18(8-10-19)25-14-17(13-22(25)26)23(27)24(15-20-5-3-11-29-20)16-21-6-4-12-30-21/h3-12,17H,2,13-16H2,1H3. The zero-order valence-electron chi connectivity index (χ0n) is 16.8. The highest BCUT2D eigenvalue weighted by Crippen LogP contribution is 2.29. The van der Waals surface area contributed by atoms with Crippen molar-refractivity contribution in [3.63, 3.8) is 0 Å². The van der Waals surface area contributed by atoms with Gasteiger partial charge in [-0.25, -0.2) is 0 Å². The van der Waals surface area contributed by atoms with Crippen molar-refractivity contribution in [1.29, 1.82) is 0 Å². The number of rotatable bonds is 8. The Hall–Kier alpha value is -3.06. The molecule has 3 aromatic rings. The Morgan fingerprint density at radius 3 is 2.70 bits per heavy atom. The molecule has 4 rings (SSSR count). The largest absolute Gasteiger partial charge is 0.494 e. The van der Waals surface area contributed by atoms with E-state index < -0.39 is 0 Å². The molecule has 156 valence electrons. The number of ether oxygens (including phenoxy) is 1. The van der Waals surface area contributed by atoms with Crippen LogP contribution in [0.4, 0.5) is 5.69 Å². The minimum atomic E-state index is -0.376. The summed E-state index contributed by atoms with van der Waals surface area (Å²) in [6.07, 6.45) is 1.82. The summed E-state index contributed by atoms with van der Waals surface area (Å²) in [5.41, 5.74) is 0.787. The number of carbonyl (C=O) groups is 2. The maximum absolute atomic E-state index is 13.3. The summed E-state index contributed by atoms with van der Waals surface area (Å²) in [6.45, 7) is 3.79. The average molecular weight is 425 g/mol. The lowest BCUT2D eigenvalue weighted by atomic mass is 10.1. The van der Waals surface area contributed by atoms with E-state index in [-0.39, 0.29) is 24.2 Å². The van der Waals surface area contributed by atoms with Gasteiger partial charge in [-0.15, -0.1) is 11.3 Å². The summed E-state index contributed by atoms with van der Waals surface area (Å²) in [5, 5.41) is 2.00. The van der Waals surface area contributed by atoms with Crippen LogP contribution in [0.2, 0.25) is 0 Å². The molecule has 1 aliphatic heterocycles. The number of anilines is 1. The van der Waals surface area contributed by atoms with Gasteiger partial charge < -0.3 is 19.0 Å². The topological polar surface area (TPSA) is 63.0 Å². The first kappa shape index (κ1) is 20.2. The fourth-order valence-electron chi connectivity index (χ4n) is 3.66. The van der Waals surface area contributed by atoms with E-state index in [1.165, 1.54) is 0 Å². The van der Waals surface area contributed by atoms with Crippen LogP contribution >= 0.6 is 11.3 Å². The molecular weight excluding hydrogens is 400 g/mol. The number of furan rings is 1. The van der Waals surface area contributed by atoms with Gasteiger partial charge in [0.15, 0.2) is 0 Å². The summed E-state index contributed by atoms with van der Waals surface area (Å²) in [6, 6.07) is 15.1. The fourth-order valence-corrected chi connectivity index (χ4v) is 4.38. The predicted octanol–water partition coefficient (Wildman–Crippen LogP) is 4.32. The van der Waals surface area contributed by atoms with E-state index in [2.05, 4.69) is 0 Å². The zero-order valence-corrected chi connectivity index (χ0v) is 17.6. The molecule has 1 unspecified atom stereocenters. The van der Waals surface area contributed by atoms with Crippen LogP contribution in [0.15, 0.2) is 64.6 Å². The van der Waals surface area contributed by atoms with Gasteiger partial charge in [-0.1, -0.05) is 6.07 Å². The molecule has 2 aromatic heterocycles. The molecule has 1 aromatic carbocycles. The van der Waals surface area contributed by atoms with Crippen LogP contribution in [0.3, 0.4) is 0 Å². The third-order valence-corrected chi connectivity index (χ3v) is 5.96. The minimum absolute atomic E-state index is 0.0263. The van der Waals surface area contributed by atoms with Crippen LogP contribution in [0.5, 0.6) is 5.75 Å². The van der Waals surface area contributed by atoms with Crippen molar-refractivity contribution >= 4 is 28.8 Å². The molecule has 3 heterocycles. The highest BCUT2D eigenvalue weighted by Gasteiger charge is 2.37. The van der Waals surface area contributed by atoms with Gasteiger partial charge in [0.05, 0.1) is 31.9 Å². The molecule has 0 saturated carbocycles. The maximum Gasteiger partial charge on any atom is 0.228 e. The van der Waals surface area contributed by atoms with Crippen LogP contribution < -0.4 is 9.64 Å². The van der Waals surface area contributed by atoms with Crippen molar-refractivity contribution in [2.45, 2.75) is 26.4 Å². The number of hydrogen-bond acceptors (Lipinski definition) is 5. The molecule has 2 amide bonds. The van der Waals surface area contributed by atoms with Crippen LogP contribution in [0.25, 0.3) is 0 Å². The number of carbonyl (C=O) groups excluding carboxylic acids is 2. The van der Waals surface area contributed by atoms with E-state index >= 15 is 0 Å². The van der Waals surface area contributed by atoms with Gasteiger partial charge in [0.2, 0.25) is 11.8 Å². The van der Waals surface area contributed by atoms with Crippen LogP contribution in [0.1, 0.15) is 24.0 Å². The van der Waals surface area contributed by atoms with E-state index in [9.17, 15) is 9.59 Å². The molecule has 0 bridgehead atoms. The molecule has 7 heteroatoms. The zero-order chi connectivity index (χ0) is 20.9. The molecule has 0 aliphatic carbocycles. The lowest BCUT2D eigenvalue weighted by molar-refractivity contribution is -0.137. The number of hydrogen-bond donors (Lipinski definition) is 0. The van der Waals surface area contributed by atoms with Gasteiger partial charge in [0.25, 0.3) is 0 Å². The Bertz CT molecular complexity index is 931. The summed E-state index contributed by atoms with van der Waals surface area (Å²) in [4.78, 5) is 30.6. The summed E-state index contributed by atoms with van der Waals surface area (Å²) >= 11 is 1.61. The third kappa shape index (κ3) is 4.57. The smallest absolute Gasteiger partial charge is 0.228 e. The normalized spacial score (nSPS) is 16.1. The van der Waals surface area contributed by atoms with Crippen molar-refractivity contribution < 1.29 is 18.7 Å². The van der Waals surface area contributed by atoms with E-state index in [1.54, 1.807) is 27.4 Å². The Balaban J connectivity index is 1.48. The molecule has 0 N–H and O–H groups in total. The summed E-state index contributed by atoms with van der Waals surface area (Å²) in [5.74, 6) is 1.06. The van der Waals surface area contributed by atoms with E-state index in [0.29, 0.717) is 26.2 Å². The van der Waals surface area contributed by atoms with Gasteiger partial charge in [-0.05, 0) is 54.8 Å². The molecule has 0 spiro atoms. The Morgan fingerprint density at radius 1 is 1.20 bits per heavy atom. The van der Waals surface area contributed by atoms with Gasteiger partial charge in [0, 0.05) is 23.5 Å². The molecule has 30 heavy (non-hydrogen) atoms.